The minimum Gasteiger partial charge on any atom is -0.351 e. The van der Waals surface area contributed by atoms with Crippen LogP contribution in [0.15, 0.2) is 53.4 Å². The summed E-state index contributed by atoms with van der Waals surface area (Å²) in [6.07, 6.45) is -4.46. The zero-order chi connectivity index (χ0) is 20.2. The Morgan fingerprint density at radius 3 is 2.22 bits per heavy atom. The summed E-state index contributed by atoms with van der Waals surface area (Å²) in [6.45, 7) is 1.17. The Bertz CT molecular complexity index is 913. The van der Waals surface area contributed by atoms with Gasteiger partial charge in [0.05, 0.1) is 11.6 Å². The molecule has 0 aliphatic carbocycles. The number of hydrogen-bond donors (Lipinski definition) is 2. The summed E-state index contributed by atoms with van der Waals surface area (Å²) < 4.78 is 77.5. The van der Waals surface area contributed by atoms with Crippen molar-refractivity contribution in [1.29, 1.82) is 0 Å². The van der Waals surface area contributed by atoms with Gasteiger partial charge >= 0.3 is 6.18 Å². The van der Waals surface area contributed by atoms with Crippen LogP contribution >= 0.6 is 0 Å². The molecule has 27 heavy (non-hydrogen) atoms. The number of rotatable bonds is 6. The fourth-order valence-corrected chi connectivity index (χ4v) is 3.45. The van der Waals surface area contributed by atoms with Gasteiger partial charge in [0.25, 0.3) is 0 Å². The fraction of sp³-hybridized carbons (Fsp3) is 0.235. The van der Waals surface area contributed by atoms with Crippen molar-refractivity contribution in [3.8, 4) is 0 Å². The highest BCUT2D eigenvalue weighted by molar-refractivity contribution is 7.89. The molecule has 0 radical (unpaired) electrons. The first-order valence-electron chi connectivity index (χ1n) is 7.71. The average Bonchev–Trinajstić information content (AvgIpc) is 2.59. The molecule has 2 aromatic rings. The van der Waals surface area contributed by atoms with Gasteiger partial charge in [0, 0.05) is 6.54 Å². The molecule has 1 atom stereocenters. The van der Waals surface area contributed by atoms with Crippen LogP contribution in [-0.2, 0) is 27.5 Å². The van der Waals surface area contributed by atoms with Crippen molar-refractivity contribution in [2.24, 2.45) is 0 Å². The standard InChI is InChI=1S/C17H16F4N2O3S/c1-11(23-27(25,26)15-5-3-2-4-14(15)18)16(24)22-10-12-6-8-13(9-7-12)17(19,20)21/h2-9,11,23H,10H2,1H3,(H,22,24)/t11-/m1/s1. The van der Waals surface area contributed by atoms with Gasteiger partial charge < -0.3 is 5.32 Å². The summed E-state index contributed by atoms with van der Waals surface area (Å²) in [5.41, 5.74) is -0.413. The van der Waals surface area contributed by atoms with E-state index in [4.69, 9.17) is 0 Å². The molecule has 0 heterocycles. The van der Waals surface area contributed by atoms with Crippen LogP contribution in [0.4, 0.5) is 17.6 Å². The van der Waals surface area contributed by atoms with Crippen LogP contribution in [0.2, 0.25) is 0 Å². The van der Waals surface area contributed by atoms with Crippen molar-refractivity contribution in [2.75, 3.05) is 0 Å². The number of benzene rings is 2. The molecule has 0 aliphatic heterocycles. The molecule has 0 aliphatic rings. The topological polar surface area (TPSA) is 75.3 Å². The van der Waals surface area contributed by atoms with E-state index in [1.165, 1.54) is 31.2 Å². The Hall–Kier alpha value is -2.46. The highest BCUT2D eigenvalue weighted by atomic mass is 32.2. The van der Waals surface area contributed by atoms with Gasteiger partial charge in [-0.15, -0.1) is 0 Å². The number of sulfonamides is 1. The minimum absolute atomic E-state index is 0.0945. The van der Waals surface area contributed by atoms with E-state index in [0.717, 1.165) is 24.3 Å². The summed E-state index contributed by atoms with van der Waals surface area (Å²) in [6, 6.07) is 7.66. The molecule has 1 amide bonds. The number of carbonyl (C=O) groups excluding carboxylic acids is 1. The smallest absolute Gasteiger partial charge is 0.351 e. The number of halogens is 4. The predicted molar refractivity (Wildman–Crippen MR) is 89.5 cm³/mol. The lowest BCUT2D eigenvalue weighted by molar-refractivity contribution is -0.137. The van der Waals surface area contributed by atoms with Crippen molar-refractivity contribution in [2.45, 2.75) is 30.6 Å². The molecular formula is C17H16F4N2O3S. The number of carbonyl (C=O) groups is 1. The molecule has 2 rings (SSSR count). The highest BCUT2D eigenvalue weighted by Crippen LogP contribution is 2.29. The number of amides is 1. The second-order valence-electron chi connectivity index (χ2n) is 5.69. The first kappa shape index (κ1) is 20.8. The first-order valence-corrected chi connectivity index (χ1v) is 9.20. The zero-order valence-corrected chi connectivity index (χ0v) is 14.9. The first-order chi connectivity index (χ1) is 12.5. The maximum Gasteiger partial charge on any atom is 0.416 e. The third-order valence-corrected chi connectivity index (χ3v) is 5.17. The maximum atomic E-state index is 13.6. The molecule has 0 saturated carbocycles. The number of nitrogens with one attached hydrogen (secondary N) is 2. The van der Waals surface area contributed by atoms with Gasteiger partial charge in [-0.25, -0.2) is 12.8 Å². The zero-order valence-electron chi connectivity index (χ0n) is 14.0. The second kappa shape index (κ2) is 8.05. The Kier molecular flexibility index (Phi) is 6.22. The van der Waals surface area contributed by atoms with Gasteiger partial charge in [0.15, 0.2) is 0 Å². The number of hydrogen-bond acceptors (Lipinski definition) is 3. The summed E-state index contributed by atoms with van der Waals surface area (Å²) in [5, 5.41) is 2.40. The molecule has 146 valence electrons. The van der Waals surface area contributed by atoms with Crippen molar-refractivity contribution in [3.63, 3.8) is 0 Å². The molecular weight excluding hydrogens is 388 g/mol. The van der Waals surface area contributed by atoms with E-state index in [1.54, 1.807) is 0 Å². The maximum absolute atomic E-state index is 13.6. The van der Waals surface area contributed by atoms with E-state index < -0.39 is 44.4 Å². The molecule has 0 bridgehead atoms. The van der Waals surface area contributed by atoms with Crippen molar-refractivity contribution >= 4 is 15.9 Å². The van der Waals surface area contributed by atoms with Crippen LogP contribution in [0.1, 0.15) is 18.1 Å². The Morgan fingerprint density at radius 1 is 1.07 bits per heavy atom. The summed E-state index contributed by atoms with van der Waals surface area (Å²) in [4.78, 5) is 11.4. The SMILES string of the molecule is C[C@@H](NS(=O)(=O)c1ccccc1F)C(=O)NCc1ccc(C(F)(F)F)cc1. The summed E-state index contributed by atoms with van der Waals surface area (Å²) in [7, 11) is -4.25. The van der Waals surface area contributed by atoms with Crippen LogP contribution in [0.3, 0.4) is 0 Å². The third kappa shape index (κ3) is 5.51. The molecule has 2 N–H and O–H groups in total. The molecule has 0 aromatic heterocycles. The van der Waals surface area contributed by atoms with E-state index in [1.807, 2.05) is 4.72 Å². The Morgan fingerprint density at radius 2 is 1.67 bits per heavy atom. The average molecular weight is 404 g/mol. The van der Waals surface area contributed by atoms with Crippen LogP contribution in [0, 0.1) is 5.82 Å². The predicted octanol–water partition coefficient (Wildman–Crippen LogP) is 2.83. The van der Waals surface area contributed by atoms with E-state index in [-0.39, 0.29) is 6.54 Å². The largest absolute Gasteiger partial charge is 0.416 e. The second-order valence-corrected chi connectivity index (χ2v) is 7.37. The third-order valence-electron chi connectivity index (χ3n) is 3.60. The van der Waals surface area contributed by atoms with Gasteiger partial charge in [0.1, 0.15) is 10.7 Å². The number of alkyl halides is 3. The Labute approximate surface area is 153 Å². The lowest BCUT2D eigenvalue weighted by Crippen LogP contribution is -2.44. The van der Waals surface area contributed by atoms with Crippen molar-refractivity contribution in [1.82, 2.24) is 10.0 Å². The molecule has 0 spiro atoms. The lowest BCUT2D eigenvalue weighted by atomic mass is 10.1. The van der Waals surface area contributed by atoms with Crippen LogP contribution < -0.4 is 10.0 Å². The molecule has 2 aromatic carbocycles. The highest BCUT2D eigenvalue weighted by Gasteiger charge is 2.30. The molecule has 0 fully saturated rings. The quantitative estimate of drug-likeness (QED) is 0.727. The van der Waals surface area contributed by atoms with E-state index in [0.29, 0.717) is 5.56 Å². The van der Waals surface area contributed by atoms with Gasteiger partial charge in [-0.1, -0.05) is 24.3 Å². The van der Waals surface area contributed by atoms with Gasteiger partial charge in [-0.05, 0) is 36.8 Å². The lowest BCUT2D eigenvalue weighted by Gasteiger charge is -2.15. The van der Waals surface area contributed by atoms with Gasteiger partial charge in [0.2, 0.25) is 15.9 Å². The van der Waals surface area contributed by atoms with E-state index >= 15 is 0 Å². The van der Waals surface area contributed by atoms with Gasteiger partial charge in [-0.3, -0.25) is 4.79 Å². The van der Waals surface area contributed by atoms with Crippen molar-refractivity contribution in [3.05, 3.63) is 65.5 Å². The fourth-order valence-electron chi connectivity index (χ4n) is 2.17. The van der Waals surface area contributed by atoms with Crippen LogP contribution in [-0.4, -0.2) is 20.4 Å². The molecule has 10 heteroatoms. The van der Waals surface area contributed by atoms with Crippen LogP contribution in [0.25, 0.3) is 0 Å². The summed E-state index contributed by atoms with van der Waals surface area (Å²) in [5.74, 6) is -1.67. The van der Waals surface area contributed by atoms with E-state index in [9.17, 15) is 30.8 Å². The molecule has 0 unspecified atom stereocenters. The minimum atomic E-state index is -4.46. The Balaban J connectivity index is 1.97. The van der Waals surface area contributed by atoms with Crippen LogP contribution in [0.5, 0.6) is 0 Å². The monoisotopic (exact) mass is 404 g/mol. The summed E-state index contributed by atoms with van der Waals surface area (Å²) >= 11 is 0. The van der Waals surface area contributed by atoms with Gasteiger partial charge in [-0.2, -0.15) is 17.9 Å². The molecule has 5 nitrogen and oxygen atoms in total. The van der Waals surface area contributed by atoms with Crippen molar-refractivity contribution < 1.29 is 30.8 Å². The van der Waals surface area contributed by atoms with E-state index in [2.05, 4.69) is 5.32 Å². The molecule has 0 saturated heterocycles. The normalized spacial score (nSPS) is 13.2.